The molecule has 0 amide bonds. The van der Waals surface area contributed by atoms with Gasteiger partial charge in [-0.15, -0.1) is 0 Å². The van der Waals surface area contributed by atoms with Crippen molar-refractivity contribution in [1.29, 1.82) is 0 Å². The summed E-state index contributed by atoms with van der Waals surface area (Å²) in [5.41, 5.74) is 3.09. The number of hydrogen-bond acceptors (Lipinski definition) is 2. The molecule has 1 aromatic rings. The normalized spacial score (nSPS) is 23.0. The molecule has 1 aliphatic carbocycles. The minimum atomic E-state index is -0.0912. The van der Waals surface area contributed by atoms with Gasteiger partial charge >= 0.3 is 0 Å². The number of phenolic OH excluding ortho intramolecular Hbond substituents is 1. The van der Waals surface area contributed by atoms with Crippen LogP contribution in [0.2, 0.25) is 0 Å². The van der Waals surface area contributed by atoms with Crippen LogP contribution in [-0.4, -0.2) is 17.4 Å². The van der Waals surface area contributed by atoms with Gasteiger partial charge in [0, 0.05) is 17.3 Å². The molecular weight excluding hydrogens is 294 g/mol. The molecule has 0 bridgehead atoms. The predicted octanol–water partition coefficient (Wildman–Crippen LogP) is 5.98. The van der Waals surface area contributed by atoms with Gasteiger partial charge in [-0.1, -0.05) is 67.4 Å². The summed E-state index contributed by atoms with van der Waals surface area (Å²) >= 11 is 0. The van der Waals surface area contributed by atoms with Gasteiger partial charge < -0.3 is 5.11 Å². The minimum absolute atomic E-state index is 0.0500. The van der Waals surface area contributed by atoms with E-state index in [9.17, 15) is 5.11 Å². The zero-order chi connectivity index (χ0) is 18.1. The highest BCUT2D eigenvalue weighted by molar-refractivity contribution is 5.85. The van der Waals surface area contributed by atoms with E-state index in [1.165, 1.54) is 31.2 Å². The second-order valence-corrected chi connectivity index (χ2v) is 9.57. The summed E-state index contributed by atoms with van der Waals surface area (Å²) in [7, 11) is 0. The number of aliphatic imine (C=N–C) groups is 1. The van der Waals surface area contributed by atoms with Crippen molar-refractivity contribution in [2.75, 3.05) is 0 Å². The molecule has 0 spiro atoms. The van der Waals surface area contributed by atoms with Gasteiger partial charge in [0.15, 0.2) is 0 Å². The van der Waals surface area contributed by atoms with E-state index in [0.717, 1.165) is 11.1 Å². The Kier molecular flexibility index (Phi) is 5.47. The first-order valence-corrected chi connectivity index (χ1v) is 9.41. The van der Waals surface area contributed by atoms with E-state index in [2.05, 4.69) is 60.6 Å². The smallest absolute Gasteiger partial charge is 0.128 e. The van der Waals surface area contributed by atoms with E-state index in [1.54, 1.807) is 0 Å². The summed E-state index contributed by atoms with van der Waals surface area (Å²) in [5.74, 6) is 1.03. The third-order valence-electron chi connectivity index (χ3n) is 5.28. The Morgan fingerprint density at radius 1 is 1.00 bits per heavy atom. The van der Waals surface area contributed by atoms with Crippen molar-refractivity contribution >= 4 is 6.21 Å². The lowest BCUT2D eigenvalue weighted by atomic mass is 9.79. The minimum Gasteiger partial charge on any atom is -0.507 e. The van der Waals surface area contributed by atoms with Crippen LogP contribution in [0, 0.1) is 5.92 Å². The molecule has 0 saturated heterocycles. The molecule has 1 aromatic carbocycles. The van der Waals surface area contributed by atoms with Gasteiger partial charge in [-0.2, -0.15) is 0 Å². The van der Waals surface area contributed by atoms with E-state index < -0.39 is 0 Å². The fraction of sp³-hybridized carbons (Fsp3) is 0.682. The number of aromatic hydroxyl groups is 1. The Morgan fingerprint density at radius 3 is 2.17 bits per heavy atom. The van der Waals surface area contributed by atoms with Crippen LogP contribution >= 0.6 is 0 Å². The molecule has 2 atom stereocenters. The Morgan fingerprint density at radius 2 is 1.62 bits per heavy atom. The number of benzene rings is 1. The van der Waals surface area contributed by atoms with Gasteiger partial charge in [0.2, 0.25) is 0 Å². The summed E-state index contributed by atoms with van der Waals surface area (Å²) in [6.45, 7) is 15.4. The lowest BCUT2D eigenvalue weighted by Crippen LogP contribution is -2.21. The van der Waals surface area contributed by atoms with Crippen LogP contribution in [0.25, 0.3) is 0 Å². The van der Waals surface area contributed by atoms with E-state index in [0.29, 0.717) is 17.7 Å². The van der Waals surface area contributed by atoms with Gasteiger partial charge in [0.05, 0.1) is 6.04 Å². The van der Waals surface area contributed by atoms with Gasteiger partial charge in [-0.05, 0) is 41.2 Å². The molecule has 2 nitrogen and oxygen atoms in total. The Labute approximate surface area is 148 Å². The van der Waals surface area contributed by atoms with Gasteiger partial charge in [-0.25, -0.2) is 0 Å². The van der Waals surface area contributed by atoms with Crippen molar-refractivity contribution in [1.82, 2.24) is 0 Å². The Hall–Kier alpha value is -1.31. The van der Waals surface area contributed by atoms with Crippen LogP contribution in [-0.2, 0) is 10.8 Å². The standard InChI is InChI=1S/C22H35NO/c1-15-10-8-9-11-19(15)23-14-16-12-17(21(2,3)4)13-18(20(16)24)22(5,6)7/h12-15,19,24H,8-11H2,1-7H3. The average Bonchev–Trinajstić information content (AvgIpc) is 2.45. The van der Waals surface area contributed by atoms with E-state index >= 15 is 0 Å². The third kappa shape index (κ3) is 4.40. The summed E-state index contributed by atoms with van der Waals surface area (Å²) in [4.78, 5) is 4.86. The molecule has 1 N–H and O–H groups in total. The predicted molar refractivity (Wildman–Crippen MR) is 105 cm³/mol. The first-order valence-electron chi connectivity index (χ1n) is 9.41. The van der Waals surface area contributed by atoms with Crippen molar-refractivity contribution in [2.24, 2.45) is 10.9 Å². The third-order valence-corrected chi connectivity index (χ3v) is 5.28. The fourth-order valence-corrected chi connectivity index (χ4v) is 3.45. The molecule has 2 unspecified atom stereocenters. The average molecular weight is 330 g/mol. The maximum atomic E-state index is 10.8. The summed E-state index contributed by atoms with van der Waals surface area (Å²) < 4.78 is 0. The molecule has 0 aliphatic heterocycles. The van der Waals surface area contributed by atoms with Crippen LogP contribution in [0.5, 0.6) is 5.75 Å². The molecule has 1 fully saturated rings. The largest absolute Gasteiger partial charge is 0.507 e. The Balaban J connectivity index is 2.44. The van der Waals surface area contributed by atoms with Crippen molar-refractivity contribution in [3.8, 4) is 5.75 Å². The van der Waals surface area contributed by atoms with E-state index in [-0.39, 0.29) is 10.8 Å². The number of rotatable bonds is 2. The molecule has 24 heavy (non-hydrogen) atoms. The van der Waals surface area contributed by atoms with Crippen LogP contribution in [0.15, 0.2) is 17.1 Å². The molecule has 1 saturated carbocycles. The van der Waals surface area contributed by atoms with Crippen molar-refractivity contribution < 1.29 is 5.11 Å². The second kappa shape index (κ2) is 6.90. The first-order chi connectivity index (χ1) is 11.0. The lowest BCUT2D eigenvalue weighted by molar-refractivity contribution is 0.333. The van der Waals surface area contributed by atoms with Crippen molar-refractivity contribution in [3.63, 3.8) is 0 Å². The lowest BCUT2D eigenvalue weighted by Gasteiger charge is -2.27. The molecule has 0 radical (unpaired) electrons. The van der Waals surface area contributed by atoms with Crippen LogP contribution < -0.4 is 0 Å². The van der Waals surface area contributed by atoms with Gasteiger partial charge in [0.25, 0.3) is 0 Å². The quantitative estimate of drug-likeness (QED) is 0.665. The number of phenols is 1. The molecular formula is C22H35NO. The fourth-order valence-electron chi connectivity index (χ4n) is 3.45. The van der Waals surface area contributed by atoms with Crippen LogP contribution in [0.3, 0.4) is 0 Å². The summed E-state index contributed by atoms with van der Waals surface area (Å²) in [5, 5.41) is 10.8. The monoisotopic (exact) mass is 329 g/mol. The van der Waals surface area contributed by atoms with Crippen LogP contribution in [0.1, 0.15) is 90.8 Å². The van der Waals surface area contributed by atoms with Gasteiger partial charge in [0.1, 0.15) is 5.75 Å². The summed E-state index contributed by atoms with van der Waals surface area (Å²) in [6.07, 6.45) is 6.96. The Bertz CT molecular complexity index is 602. The first kappa shape index (κ1) is 19.0. The zero-order valence-corrected chi connectivity index (χ0v) is 16.6. The number of nitrogens with zero attached hydrogens (tertiary/aromatic N) is 1. The number of hydrogen-bond donors (Lipinski definition) is 1. The van der Waals surface area contributed by atoms with Crippen molar-refractivity contribution in [2.45, 2.75) is 91.0 Å². The molecule has 134 valence electrons. The maximum Gasteiger partial charge on any atom is 0.128 e. The topological polar surface area (TPSA) is 32.6 Å². The SMILES string of the molecule is CC1CCCCC1N=Cc1cc(C(C)(C)C)cc(C(C)(C)C)c1O. The van der Waals surface area contributed by atoms with Crippen molar-refractivity contribution in [3.05, 3.63) is 28.8 Å². The van der Waals surface area contributed by atoms with E-state index in [1.807, 2.05) is 6.21 Å². The maximum absolute atomic E-state index is 10.8. The highest BCUT2D eigenvalue weighted by atomic mass is 16.3. The molecule has 0 heterocycles. The molecule has 2 rings (SSSR count). The van der Waals surface area contributed by atoms with E-state index in [4.69, 9.17) is 4.99 Å². The zero-order valence-electron chi connectivity index (χ0n) is 16.6. The highest BCUT2D eigenvalue weighted by Gasteiger charge is 2.25. The molecule has 2 heteroatoms. The second-order valence-electron chi connectivity index (χ2n) is 9.57. The summed E-state index contributed by atoms with van der Waals surface area (Å²) in [6, 6.07) is 4.67. The van der Waals surface area contributed by atoms with Gasteiger partial charge in [-0.3, -0.25) is 4.99 Å². The van der Waals surface area contributed by atoms with Crippen LogP contribution in [0.4, 0.5) is 0 Å². The molecule has 1 aliphatic rings. The molecule has 0 aromatic heterocycles. The highest BCUT2D eigenvalue weighted by Crippen LogP contribution is 2.37.